The molecular formula is C25H26ClN5O3. The van der Waals surface area contributed by atoms with Gasteiger partial charge in [0, 0.05) is 49.7 Å². The molecule has 3 aromatic rings. The predicted octanol–water partition coefficient (Wildman–Crippen LogP) is 2.98. The molecule has 5 rings (SSSR count). The largest absolute Gasteiger partial charge is 0.350 e. The quantitative estimate of drug-likeness (QED) is 0.576. The first-order valence-electron chi connectivity index (χ1n) is 11.5. The second-order valence-electron chi connectivity index (χ2n) is 8.92. The minimum Gasteiger partial charge on any atom is -0.342 e. The molecule has 2 aliphatic heterocycles. The fourth-order valence-corrected chi connectivity index (χ4v) is 5.05. The number of halogens is 1. The molecule has 2 amide bonds. The molecule has 0 aliphatic carbocycles. The summed E-state index contributed by atoms with van der Waals surface area (Å²) in [6, 6.07) is 16.6. The molecule has 176 valence electrons. The SMILES string of the molecule is Cn1nc(C2CCN(C(=O)C3CC(=O)N(c4ccc(Cl)cc4)C3)CC2)n(-c2ccccc2)c1=O. The zero-order chi connectivity index (χ0) is 23.8. The predicted molar refractivity (Wildman–Crippen MR) is 129 cm³/mol. The number of aryl methyl sites for hydroxylation is 1. The van der Waals surface area contributed by atoms with Gasteiger partial charge in [0.25, 0.3) is 0 Å². The van der Waals surface area contributed by atoms with Crippen LogP contribution in [0.25, 0.3) is 5.69 Å². The minimum atomic E-state index is -0.350. The summed E-state index contributed by atoms with van der Waals surface area (Å²) >= 11 is 5.96. The highest BCUT2D eigenvalue weighted by Gasteiger charge is 2.38. The number of carbonyl (C=O) groups excluding carboxylic acids is 2. The van der Waals surface area contributed by atoms with Gasteiger partial charge in [-0.3, -0.25) is 9.59 Å². The molecular weight excluding hydrogens is 454 g/mol. The van der Waals surface area contributed by atoms with Crippen LogP contribution < -0.4 is 10.6 Å². The summed E-state index contributed by atoms with van der Waals surface area (Å²) in [7, 11) is 1.66. The summed E-state index contributed by atoms with van der Waals surface area (Å²) in [5.74, 6) is 0.433. The maximum Gasteiger partial charge on any atom is 0.350 e. The molecule has 2 saturated heterocycles. The molecule has 0 saturated carbocycles. The third-order valence-corrected chi connectivity index (χ3v) is 7.00. The number of nitrogens with zero attached hydrogens (tertiary/aromatic N) is 5. The molecule has 2 aromatic carbocycles. The maximum absolute atomic E-state index is 13.2. The highest BCUT2D eigenvalue weighted by atomic mass is 35.5. The van der Waals surface area contributed by atoms with Crippen LogP contribution in [-0.4, -0.2) is 50.7 Å². The summed E-state index contributed by atoms with van der Waals surface area (Å²) in [6.07, 6.45) is 1.66. The number of aromatic nitrogens is 3. The van der Waals surface area contributed by atoms with E-state index in [2.05, 4.69) is 5.10 Å². The van der Waals surface area contributed by atoms with Gasteiger partial charge in [-0.1, -0.05) is 29.8 Å². The second-order valence-corrected chi connectivity index (χ2v) is 9.35. The van der Waals surface area contributed by atoms with Gasteiger partial charge >= 0.3 is 5.69 Å². The molecule has 0 radical (unpaired) electrons. The van der Waals surface area contributed by atoms with Crippen LogP contribution in [0.15, 0.2) is 59.4 Å². The molecule has 9 heteroatoms. The van der Waals surface area contributed by atoms with Crippen LogP contribution in [-0.2, 0) is 16.6 Å². The van der Waals surface area contributed by atoms with Gasteiger partial charge in [-0.2, -0.15) is 5.10 Å². The van der Waals surface area contributed by atoms with Gasteiger partial charge in [0.2, 0.25) is 11.8 Å². The highest BCUT2D eigenvalue weighted by Crippen LogP contribution is 2.31. The molecule has 1 atom stereocenters. The Labute approximate surface area is 202 Å². The zero-order valence-electron chi connectivity index (χ0n) is 18.9. The van der Waals surface area contributed by atoms with E-state index >= 15 is 0 Å². The van der Waals surface area contributed by atoms with E-state index in [1.807, 2.05) is 35.2 Å². The topological polar surface area (TPSA) is 80.4 Å². The van der Waals surface area contributed by atoms with Gasteiger partial charge in [-0.25, -0.2) is 14.0 Å². The first-order chi connectivity index (χ1) is 16.4. The number of anilines is 1. The van der Waals surface area contributed by atoms with Crippen molar-refractivity contribution in [2.75, 3.05) is 24.5 Å². The molecule has 1 unspecified atom stereocenters. The molecule has 0 N–H and O–H groups in total. The van der Waals surface area contributed by atoms with Crippen molar-refractivity contribution in [2.45, 2.75) is 25.2 Å². The van der Waals surface area contributed by atoms with Crippen molar-refractivity contribution in [3.8, 4) is 5.69 Å². The van der Waals surface area contributed by atoms with Crippen LogP contribution >= 0.6 is 11.6 Å². The van der Waals surface area contributed by atoms with Gasteiger partial charge < -0.3 is 9.80 Å². The van der Waals surface area contributed by atoms with E-state index in [-0.39, 0.29) is 35.8 Å². The smallest absolute Gasteiger partial charge is 0.342 e. The Morgan fingerprint density at radius 1 is 0.971 bits per heavy atom. The number of rotatable bonds is 4. The van der Waals surface area contributed by atoms with Gasteiger partial charge in [0.05, 0.1) is 11.6 Å². The van der Waals surface area contributed by atoms with Crippen LogP contribution in [0.4, 0.5) is 5.69 Å². The summed E-state index contributed by atoms with van der Waals surface area (Å²) in [5, 5.41) is 5.13. The number of hydrogen-bond acceptors (Lipinski definition) is 4. The summed E-state index contributed by atoms with van der Waals surface area (Å²) in [4.78, 5) is 42.0. The Bertz CT molecular complexity index is 1260. The first kappa shape index (κ1) is 22.4. The number of piperidine rings is 1. The molecule has 2 aliphatic rings. The number of benzene rings is 2. The third-order valence-electron chi connectivity index (χ3n) is 6.75. The molecule has 0 bridgehead atoms. The number of hydrogen-bond donors (Lipinski definition) is 0. The van der Waals surface area contributed by atoms with Gasteiger partial charge in [0.1, 0.15) is 5.82 Å². The summed E-state index contributed by atoms with van der Waals surface area (Å²) in [5.41, 5.74) is 1.38. The minimum absolute atomic E-state index is 0.0183. The van der Waals surface area contributed by atoms with Crippen molar-refractivity contribution in [1.29, 1.82) is 0 Å². The number of carbonyl (C=O) groups is 2. The maximum atomic E-state index is 13.2. The zero-order valence-corrected chi connectivity index (χ0v) is 19.7. The lowest BCUT2D eigenvalue weighted by atomic mass is 9.94. The van der Waals surface area contributed by atoms with Crippen molar-refractivity contribution in [2.24, 2.45) is 13.0 Å². The van der Waals surface area contributed by atoms with E-state index in [4.69, 9.17) is 11.6 Å². The van der Waals surface area contributed by atoms with Crippen molar-refractivity contribution in [1.82, 2.24) is 19.2 Å². The van der Waals surface area contributed by atoms with Gasteiger partial charge in [0.15, 0.2) is 0 Å². The van der Waals surface area contributed by atoms with Crippen molar-refractivity contribution >= 4 is 29.1 Å². The van der Waals surface area contributed by atoms with Crippen LogP contribution in [0.2, 0.25) is 5.02 Å². The van der Waals surface area contributed by atoms with Crippen molar-refractivity contribution in [3.63, 3.8) is 0 Å². The monoisotopic (exact) mass is 479 g/mol. The number of para-hydroxylation sites is 1. The highest BCUT2D eigenvalue weighted by molar-refractivity contribution is 6.30. The second kappa shape index (κ2) is 9.10. The Morgan fingerprint density at radius 2 is 1.65 bits per heavy atom. The Morgan fingerprint density at radius 3 is 2.32 bits per heavy atom. The Balaban J connectivity index is 1.26. The molecule has 1 aromatic heterocycles. The third kappa shape index (κ3) is 4.14. The summed E-state index contributed by atoms with van der Waals surface area (Å²) < 4.78 is 3.04. The average Bonchev–Trinajstić information content (AvgIpc) is 3.39. The van der Waals surface area contributed by atoms with E-state index in [0.29, 0.717) is 24.7 Å². The molecule has 0 spiro atoms. The van der Waals surface area contributed by atoms with Crippen LogP contribution in [0, 0.1) is 5.92 Å². The molecule has 3 heterocycles. The molecule has 2 fully saturated rings. The van der Waals surface area contributed by atoms with Gasteiger partial charge in [-0.15, -0.1) is 0 Å². The molecule has 34 heavy (non-hydrogen) atoms. The standard InChI is InChI=1S/C25H26ClN5O3/c1-28-25(34)31(21-5-3-2-4-6-21)23(27-28)17-11-13-29(14-12-17)24(33)18-15-22(32)30(16-18)20-9-7-19(26)8-10-20/h2-10,17-18H,11-16H2,1H3. The lowest BCUT2D eigenvalue weighted by molar-refractivity contribution is -0.136. The fraction of sp³-hybridized carbons (Fsp3) is 0.360. The number of amides is 2. The van der Waals surface area contributed by atoms with Crippen LogP contribution in [0.5, 0.6) is 0 Å². The van der Waals surface area contributed by atoms with E-state index < -0.39 is 0 Å². The first-order valence-corrected chi connectivity index (χ1v) is 11.9. The van der Waals surface area contributed by atoms with E-state index in [1.165, 1.54) is 4.68 Å². The van der Waals surface area contributed by atoms with Crippen LogP contribution in [0.1, 0.15) is 31.0 Å². The normalized spacial score (nSPS) is 19.1. The molecule has 8 nitrogen and oxygen atoms in total. The average molecular weight is 480 g/mol. The van der Waals surface area contributed by atoms with Crippen molar-refractivity contribution in [3.05, 3.63) is 75.9 Å². The van der Waals surface area contributed by atoms with Gasteiger partial charge in [-0.05, 0) is 49.2 Å². The number of likely N-dealkylation sites (tertiary alicyclic amines) is 1. The van der Waals surface area contributed by atoms with E-state index in [9.17, 15) is 14.4 Å². The van der Waals surface area contributed by atoms with E-state index in [0.717, 1.165) is 30.0 Å². The lowest BCUT2D eigenvalue weighted by Crippen LogP contribution is -2.42. The summed E-state index contributed by atoms with van der Waals surface area (Å²) in [6.45, 7) is 1.54. The van der Waals surface area contributed by atoms with Crippen LogP contribution in [0.3, 0.4) is 0 Å². The lowest BCUT2D eigenvalue weighted by Gasteiger charge is -2.33. The Hall–Kier alpha value is -3.39. The fourth-order valence-electron chi connectivity index (χ4n) is 4.93. The Kier molecular flexibility index (Phi) is 6.00. The van der Waals surface area contributed by atoms with Crippen molar-refractivity contribution < 1.29 is 9.59 Å². The van der Waals surface area contributed by atoms with E-state index in [1.54, 1.807) is 40.8 Å².